The standard InChI is InChI=1S/C34H50BrOPSi/c1-7-8-9-10-11-12-22-29-33(36-38(5,6)34(2,3)4)37(35,30-23-16-13-17-24-30,31-25-18-14-19-26-31)32-27-20-15-21-28-32/h13-21,23-28,33H,7-12,22,29H2,1-6H3. The number of hydrogen-bond donors (Lipinski definition) is 0. The van der Waals surface area contributed by atoms with E-state index in [4.69, 9.17) is 19.9 Å². The molecule has 4 heteroatoms. The van der Waals surface area contributed by atoms with Gasteiger partial charge in [-0.05, 0) is 0 Å². The van der Waals surface area contributed by atoms with Crippen LogP contribution in [0, 0.1) is 0 Å². The monoisotopic (exact) mass is 612 g/mol. The third kappa shape index (κ3) is 6.55. The van der Waals surface area contributed by atoms with Crippen molar-refractivity contribution in [3.63, 3.8) is 0 Å². The van der Waals surface area contributed by atoms with Gasteiger partial charge in [0.15, 0.2) is 0 Å². The van der Waals surface area contributed by atoms with E-state index in [2.05, 4.69) is 132 Å². The summed E-state index contributed by atoms with van der Waals surface area (Å²) in [6, 6.07) is 33.6. The van der Waals surface area contributed by atoms with Crippen LogP contribution >= 0.6 is 20.8 Å². The van der Waals surface area contributed by atoms with Gasteiger partial charge in [-0.1, -0.05) is 0 Å². The first-order chi connectivity index (χ1) is 18.1. The zero-order valence-electron chi connectivity index (χ0n) is 24.6. The predicted molar refractivity (Wildman–Crippen MR) is 179 cm³/mol. The topological polar surface area (TPSA) is 9.23 Å². The molecule has 0 amide bonds. The summed E-state index contributed by atoms with van der Waals surface area (Å²) in [6.07, 6.45) is 10.2. The molecule has 0 aliphatic heterocycles. The number of rotatable bonds is 14. The Bertz CT molecular complexity index is 996. The molecule has 0 saturated carbocycles. The van der Waals surface area contributed by atoms with Crippen LogP contribution in [0.1, 0.15) is 79.1 Å². The summed E-state index contributed by atoms with van der Waals surface area (Å²) in [7, 11) is -2.11. The van der Waals surface area contributed by atoms with Crippen molar-refractivity contribution in [1.29, 1.82) is 0 Å². The molecule has 0 aromatic heterocycles. The van der Waals surface area contributed by atoms with E-state index >= 15 is 0 Å². The molecule has 0 spiro atoms. The van der Waals surface area contributed by atoms with Crippen LogP contribution in [0.15, 0.2) is 91.0 Å². The average Bonchev–Trinajstić information content (AvgIpc) is 2.92. The molecular weight excluding hydrogens is 563 g/mol. The Hall–Kier alpha value is -1.25. The third-order valence-corrected chi connectivity index (χ3v) is 23.7. The van der Waals surface area contributed by atoms with Crippen molar-refractivity contribution in [2.75, 3.05) is 0 Å². The predicted octanol–water partition coefficient (Wildman–Crippen LogP) is 10.3. The summed E-state index contributed by atoms with van der Waals surface area (Å²) in [6.45, 7) is 14.2. The van der Waals surface area contributed by atoms with Gasteiger partial charge in [0.2, 0.25) is 0 Å². The van der Waals surface area contributed by atoms with Gasteiger partial charge >= 0.3 is 243 Å². The molecule has 0 aliphatic rings. The van der Waals surface area contributed by atoms with Gasteiger partial charge in [0, 0.05) is 0 Å². The number of benzene rings is 3. The zero-order valence-corrected chi connectivity index (χ0v) is 28.1. The van der Waals surface area contributed by atoms with Crippen LogP contribution in [0.2, 0.25) is 18.1 Å². The Kier molecular flexibility index (Phi) is 11.0. The third-order valence-electron chi connectivity index (χ3n) is 8.62. The molecule has 38 heavy (non-hydrogen) atoms. The first-order valence-corrected chi connectivity index (χ1v) is 21.9. The molecule has 3 aromatic rings. The zero-order chi connectivity index (χ0) is 27.7. The van der Waals surface area contributed by atoms with Gasteiger partial charge in [-0.25, -0.2) is 0 Å². The molecule has 0 N–H and O–H groups in total. The first kappa shape index (κ1) is 31.3. The van der Waals surface area contributed by atoms with Crippen molar-refractivity contribution >= 4 is 45.0 Å². The van der Waals surface area contributed by atoms with E-state index in [0.717, 1.165) is 6.42 Å². The quantitative estimate of drug-likeness (QED) is 0.0999. The minimum absolute atomic E-state index is 0.0460. The first-order valence-electron chi connectivity index (χ1n) is 14.6. The molecule has 0 saturated heterocycles. The van der Waals surface area contributed by atoms with Crippen LogP contribution in [0.4, 0.5) is 0 Å². The van der Waals surface area contributed by atoms with E-state index in [0.29, 0.717) is 0 Å². The van der Waals surface area contributed by atoms with Crippen LogP contribution in [0.25, 0.3) is 0 Å². The van der Waals surface area contributed by atoms with Crippen molar-refractivity contribution in [3.8, 4) is 0 Å². The Morgan fingerprint density at radius 3 is 1.39 bits per heavy atom. The summed E-state index contributed by atoms with van der Waals surface area (Å²) >= 11 is 4.73. The fourth-order valence-corrected chi connectivity index (χ4v) is 16.4. The van der Waals surface area contributed by atoms with Crippen LogP contribution in [0.3, 0.4) is 0 Å². The van der Waals surface area contributed by atoms with Crippen molar-refractivity contribution in [3.05, 3.63) is 91.0 Å². The van der Waals surface area contributed by atoms with Crippen molar-refractivity contribution in [2.45, 2.75) is 103 Å². The molecule has 0 fully saturated rings. The molecule has 1 atom stereocenters. The molecule has 0 aliphatic carbocycles. The Balaban J connectivity index is 2.22. The minimum atomic E-state index is -3.23. The Labute approximate surface area is 242 Å². The maximum atomic E-state index is 7.63. The summed E-state index contributed by atoms with van der Waals surface area (Å²) in [5.74, 6) is 0.0460. The molecular formula is C34H50BrOPSi. The van der Waals surface area contributed by atoms with Crippen LogP contribution in [-0.2, 0) is 4.43 Å². The van der Waals surface area contributed by atoms with Gasteiger partial charge in [-0.15, -0.1) is 0 Å². The number of unbranched alkanes of at least 4 members (excludes halogenated alkanes) is 6. The maximum absolute atomic E-state index is 7.63. The molecule has 1 unspecified atom stereocenters. The average molecular weight is 614 g/mol. The second kappa shape index (κ2) is 13.4. The number of hydrogen-bond acceptors (Lipinski definition) is 1. The summed E-state index contributed by atoms with van der Waals surface area (Å²) in [5, 5.41) is 0.942. The van der Waals surface area contributed by atoms with Crippen LogP contribution in [-0.4, -0.2) is 14.2 Å². The molecule has 208 valence electrons. The Morgan fingerprint density at radius 1 is 0.658 bits per heavy atom. The molecule has 1 nitrogen and oxygen atoms in total. The second-order valence-electron chi connectivity index (χ2n) is 12.3. The van der Waals surface area contributed by atoms with Crippen molar-refractivity contribution < 1.29 is 4.43 Å². The van der Waals surface area contributed by atoms with E-state index in [9.17, 15) is 0 Å². The molecule has 3 rings (SSSR count). The van der Waals surface area contributed by atoms with E-state index in [1.54, 1.807) is 0 Å². The van der Waals surface area contributed by atoms with Crippen LogP contribution < -0.4 is 15.9 Å². The Morgan fingerprint density at radius 2 is 1.03 bits per heavy atom. The van der Waals surface area contributed by atoms with E-state index < -0.39 is 13.6 Å². The molecule has 0 heterocycles. The van der Waals surface area contributed by atoms with Gasteiger partial charge in [-0.2, -0.15) is 0 Å². The fraction of sp³-hybridized carbons (Fsp3) is 0.471. The van der Waals surface area contributed by atoms with Gasteiger partial charge in [0.1, 0.15) is 0 Å². The van der Waals surface area contributed by atoms with Crippen molar-refractivity contribution in [2.24, 2.45) is 0 Å². The van der Waals surface area contributed by atoms with Crippen molar-refractivity contribution in [1.82, 2.24) is 0 Å². The van der Waals surface area contributed by atoms with Gasteiger partial charge in [-0.3, -0.25) is 0 Å². The molecule has 0 radical (unpaired) electrons. The normalized spacial score (nSPS) is 14.6. The van der Waals surface area contributed by atoms with Crippen LogP contribution in [0.5, 0.6) is 0 Å². The summed E-state index contributed by atoms with van der Waals surface area (Å²) in [5.41, 5.74) is 0. The summed E-state index contributed by atoms with van der Waals surface area (Å²) in [4.78, 5) is 0. The van der Waals surface area contributed by atoms with E-state index in [1.165, 1.54) is 60.9 Å². The fourth-order valence-electron chi connectivity index (χ4n) is 5.30. The molecule has 0 bridgehead atoms. The number of halogens is 1. The molecule has 3 aromatic carbocycles. The summed E-state index contributed by atoms with van der Waals surface area (Å²) < 4.78 is 7.63. The second-order valence-corrected chi connectivity index (χ2v) is 25.8. The van der Waals surface area contributed by atoms with Gasteiger partial charge < -0.3 is 0 Å². The van der Waals surface area contributed by atoms with E-state index in [-0.39, 0.29) is 10.9 Å². The van der Waals surface area contributed by atoms with Gasteiger partial charge in [0.25, 0.3) is 0 Å². The van der Waals surface area contributed by atoms with Gasteiger partial charge in [0.05, 0.1) is 0 Å². The van der Waals surface area contributed by atoms with E-state index in [1.807, 2.05) is 0 Å². The SMILES string of the molecule is CCCCCCCCCC(O[Si](C)(C)C(C)(C)C)P(Br)(c1ccccc1)(c1ccccc1)c1ccccc1.